The van der Waals surface area contributed by atoms with Gasteiger partial charge in [0.25, 0.3) is 0 Å². The SMILES string of the molecule is O=C(Cc1cccs1)Nc1nc(CC(=O)NC2CCC(c3ccccc3)CC2)cs1. The summed E-state index contributed by atoms with van der Waals surface area (Å²) in [5, 5.41) is 10.3. The van der Waals surface area contributed by atoms with Gasteiger partial charge in [0, 0.05) is 16.3 Å². The molecule has 156 valence electrons. The van der Waals surface area contributed by atoms with Gasteiger partial charge in [0.15, 0.2) is 5.13 Å². The summed E-state index contributed by atoms with van der Waals surface area (Å²) >= 11 is 2.92. The van der Waals surface area contributed by atoms with Crippen LogP contribution in [0.15, 0.2) is 53.2 Å². The topological polar surface area (TPSA) is 71.1 Å². The summed E-state index contributed by atoms with van der Waals surface area (Å²) in [5.74, 6) is 0.510. The highest BCUT2D eigenvalue weighted by Crippen LogP contribution is 2.32. The van der Waals surface area contributed by atoms with E-state index in [2.05, 4.69) is 45.9 Å². The average molecular weight is 440 g/mol. The van der Waals surface area contributed by atoms with Crippen LogP contribution in [0.2, 0.25) is 0 Å². The lowest BCUT2D eigenvalue weighted by Gasteiger charge is -2.29. The van der Waals surface area contributed by atoms with Crippen molar-refractivity contribution < 1.29 is 9.59 Å². The number of aromatic nitrogens is 1. The minimum Gasteiger partial charge on any atom is -0.353 e. The van der Waals surface area contributed by atoms with Crippen LogP contribution in [0.25, 0.3) is 0 Å². The summed E-state index contributed by atoms with van der Waals surface area (Å²) in [6, 6.07) is 14.7. The smallest absolute Gasteiger partial charge is 0.231 e. The first-order valence-electron chi connectivity index (χ1n) is 10.3. The van der Waals surface area contributed by atoms with Gasteiger partial charge in [-0.15, -0.1) is 22.7 Å². The number of thiophene rings is 1. The largest absolute Gasteiger partial charge is 0.353 e. The number of amides is 2. The molecule has 4 rings (SSSR count). The van der Waals surface area contributed by atoms with Crippen LogP contribution in [0.3, 0.4) is 0 Å². The monoisotopic (exact) mass is 439 g/mol. The summed E-state index contributed by atoms with van der Waals surface area (Å²) < 4.78 is 0. The van der Waals surface area contributed by atoms with E-state index in [4.69, 9.17) is 0 Å². The van der Waals surface area contributed by atoms with Crippen molar-refractivity contribution >= 4 is 39.6 Å². The number of carbonyl (C=O) groups excluding carboxylic acids is 2. The van der Waals surface area contributed by atoms with Gasteiger partial charge in [0.2, 0.25) is 11.8 Å². The number of carbonyl (C=O) groups is 2. The third kappa shape index (κ3) is 5.77. The average Bonchev–Trinajstić information content (AvgIpc) is 3.41. The van der Waals surface area contributed by atoms with E-state index >= 15 is 0 Å². The Kier molecular flexibility index (Phi) is 6.92. The zero-order valence-corrected chi connectivity index (χ0v) is 18.3. The standard InChI is InChI=1S/C23H25N3O2S2/c27-21(24-18-10-8-17(9-11-18)16-5-2-1-3-6-16)13-19-15-30-23(25-19)26-22(28)14-20-7-4-12-29-20/h1-7,12,15,17-18H,8-11,13-14H2,(H,24,27)(H,25,26,28). The number of anilines is 1. The Morgan fingerprint density at radius 3 is 2.47 bits per heavy atom. The number of hydrogen-bond donors (Lipinski definition) is 2. The lowest BCUT2D eigenvalue weighted by Crippen LogP contribution is -2.38. The quantitative estimate of drug-likeness (QED) is 0.557. The molecule has 5 nitrogen and oxygen atoms in total. The Labute approximate surface area is 184 Å². The van der Waals surface area contributed by atoms with Gasteiger partial charge in [0.05, 0.1) is 18.5 Å². The second-order valence-electron chi connectivity index (χ2n) is 7.65. The summed E-state index contributed by atoms with van der Waals surface area (Å²) in [5.41, 5.74) is 2.10. The maximum Gasteiger partial charge on any atom is 0.231 e. The van der Waals surface area contributed by atoms with Crippen LogP contribution < -0.4 is 10.6 Å². The first-order valence-corrected chi connectivity index (χ1v) is 12.0. The molecule has 1 aromatic carbocycles. The number of nitrogens with one attached hydrogen (secondary N) is 2. The number of hydrogen-bond acceptors (Lipinski definition) is 5. The van der Waals surface area contributed by atoms with Gasteiger partial charge in [-0.1, -0.05) is 36.4 Å². The molecular weight excluding hydrogens is 414 g/mol. The molecule has 0 bridgehead atoms. The van der Waals surface area contributed by atoms with Crippen LogP contribution >= 0.6 is 22.7 Å². The maximum absolute atomic E-state index is 12.4. The van der Waals surface area contributed by atoms with Crippen molar-refractivity contribution in [3.05, 3.63) is 69.4 Å². The fourth-order valence-corrected chi connectivity index (χ4v) is 5.35. The lowest BCUT2D eigenvalue weighted by molar-refractivity contribution is -0.121. The minimum absolute atomic E-state index is 0.0000711. The second-order valence-corrected chi connectivity index (χ2v) is 9.54. The maximum atomic E-state index is 12.4. The molecule has 0 radical (unpaired) electrons. The van der Waals surface area contributed by atoms with Gasteiger partial charge in [0.1, 0.15) is 0 Å². The molecule has 2 N–H and O–H groups in total. The minimum atomic E-state index is -0.0852. The molecule has 2 amide bonds. The van der Waals surface area contributed by atoms with E-state index in [-0.39, 0.29) is 24.3 Å². The van der Waals surface area contributed by atoms with Crippen LogP contribution in [0.1, 0.15) is 47.7 Å². The molecule has 2 aromatic heterocycles. The van der Waals surface area contributed by atoms with E-state index in [9.17, 15) is 9.59 Å². The molecule has 30 heavy (non-hydrogen) atoms. The van der Waals surface area contributed by atoms with Gasteiger partial charge >= 0.3 is 0 Å². The van der Waals surface area contributed by atoms with Crippen LogP contribution in [-0.4, -0.2) is 22.8 Å². The summed E-state index contributed by atoms with van der Waals surface area (Å²) in [6.45, 7) is 0. The molecule has 1 fully saturated rings. The third-order valence-electron chi connectivity index (χ3n) is 5.42. The van der Waals surface area contributed by atoms with Crippen molar-refractivity contribution in [3.8, 4) is 0 Å². The fraction of sp³-hybridized carbons (Fsp3) is 0.348. The molecule has 0 saturated heterocycles. The Balaban J connectivity index is 1.21. The van der Waals surface area contributed by atoms with E-state index in [0.717, 1.165) is 30.6 Å². The van der Waals surface area contributed by atoms with Gasteiger partial charge in [-0.05, 0) is 48.6 Å². The van der Waals surface area contributed by atoms with Gasteiger partial charge in [-0.3, -0.25) is 9.59 Å². The number of benzene rings is 1. The molecule has 1 aliphatic carbocycles. The van der Waals surface area contributed by atoms with Crippen LogP contribution in [0.5, 0.6) is 0 Å². The lowest BCUT2D eigenvalue weighted by atomic mass is 9.82. The van der Waals surface area contributed by atoms with Gasteiger partial charge in [-0.2, -0.15) is 0 Å². The van der Waals surface area contributed by atoms with Gasteiger partial charge in [-0.25, -0.2) is 4.98 Å². The van der Waals surface area contributed by atoms with Crippen molar-refractivity contribution in [3.63, 3.8) is 0 Å². The molecule has 0 atom stereocenters. The Bertz CT molecular complexity index is 962. The second kappa shape index (κ2) is 10.00. The first-order chi connectivity index (χ1) is 14.7. The molecule has 2 heterocycles. The molecular formula is C23H25N3O2S2. The van der Waals surface area contributed by atoms with E-state index in [0.29, 0.717) is 23.2 Å². The molecule has 0 unspecified atom stereocenters. The molecule has 1 saturated carbocycles. The normalized spacial score (nSPS) is 18.7. The predicted octanol–water partition coefficient (Wildman–Crippen LogP) is 4.77. The van der Waals surface area contributed by atoms with Crippen molar-refractivity contribution in [1.29, 1.82) is 0 Å². The highest BCUT2D eigenvalue weighted by molar-refractivity contribution is 7.14. The van der Waals surface area contributed by atoms with Crippen LogP contribution in [0, 0.1) is 0 Å². The molecule has 1 aliphatic rings. The van der Waals surface area contributed by atoms with Crippen molar-refractivity contribution in [2.24, 2.45) is 0 Å². The highest BCUT2D eigenvalue weighted by atomic mass is 32.1. The fourth-order valence-electron chi connectivity index (χ4n) is 3.92. The van der Waals surface area contributed by atoms with Gasteiger partial charge < -0.3 is 10.6 Å². The molecule has 0 spiro atoms. The molecule has 3 aromatic rings. The zero-order chi connectivity index (χ0) is 20.8. The Hall–Kier alpha value is -2.51. The Morgan fingerprint density at radius 1 is 0.933 bits per heavy atom. The first kappa shape index (κ1) is 20.8. The van der Waals surface area contributed by atoms with E-state index in [1.54, 1.807) is 11.3 Å². The molecule has 7 heteroatoms. The third-order valence-corrected chi connectivity index (χ3v) is 7.10. The van der Waals surface area contributed by atoms with Crippen molar-refractivity contribution in [2.45, 2.75) is 50.5 Å². The number of rotatable bonds is 7. The van der Waals surface area contributed by atoms with Crippen LogP contribution in [-0.2, 0) is 22.4 Å². The summed E-state index contributed by atoms with van der Waals surface area (Å²) in [6.07, 6.45) is 4.81. The predicted molar refractivity (Wildman–Crippen MR) is 122 cm³/mol. The van der Waals surface area contributed by atoms with Crippen molar-refractivity contribution in [2.75, 3.05) is 5.32 Å². The zero-order valence-electron chi connectivity index (χ0n) is 16.7. The van der Waals surface area contributed by atoms with E-state index < -0.39 is 0 Å². The number of nitrogens with zero attached hydrogens (tertiary/aromatic N) is 1. The van der Waals surface area contributed by atoms with E-state index in [1.165, 1.54) is 16.9 Å². The highest BCUT2D eigenvalue weighted by Gasteiger charge is 2.23. The van der Waals surface area contributed by atoms with E-state index in [1.807, 2.05) is 22.9 Å². The molecule has 0 aliphatic heterocycles. The summed E-state index contributed by atoms with van der Waals surface area (Å²) in [7, 11) is 0. The Morgan fingerprint density at radius 2 is 1.73 bits per heavy atom. The van der Waals surface area contributed by atoms with Crippen LogP contribution in [0.4, 0.5) is 5.13 Å². The number of thiazole rings is 1. The van der Waals surface area contributed by atoms with Crippen molar-refractivity contribution in [1.82, 2.24) is 10.3 Å². The summed E-state index contributed by atoms with van der Waals surface area (Å²) in [4.78, 5) is 29.9.